The third kappa shape index (κ3) is 4.60. The van der Waals surface area contributed by atoms with Crippen molar-refractivity contribution in [2.24, 2.45) is 0 Å². The highest BCUT2D eigenvalue weighted by Crippen LogP contribution is 2.34. The summed E-state index contributed by atoms with van der Waals surface area (Å²) < 4.78 is 70.3. The van der Waals surface area contributed by atoms with Gasteiger partial charge in [-0.05, 0) is 6.07 Å². The molecule has 2 aromatic carbocycles. The highest BCUT2D eigenvalue weighted by Gasteiger charge is 2.20. The number of halogens is 5. The first-order chi connectivity index (χ1) is 12.0. The maximum atomic E-state index is 14.4. The van der Waals surface area contributed by atoms with Crippen molar-refractivity contribution in [1.82, 2.24) is 4.72 Å². The average molecular weight is 428 g/mol. The summed E-state index contributed by atoms with van der Waals surface area (Å²) in [6, 6.07) is 4.31. The first-order valence-corrected chi connectivity index (χ1v) is 9.41. The summed E-state index contributed by atoms with van der Waals surface area (Å²) >= 11 is 11.0. The molecule has 0 radical (unpaired) electrons. The predicted molar refractivity (Wildman–Crippen MR) is 89.4 cm³/mol. The minimum atomic E-state index is -3.89. The summed E-state index contributed by atoms with van der Waals surface area (Å²) in [5.41, 5.74) is -0.714. The molecule has 0 aliphatic rings. The van der Waals surface area contributed by atoms with Crippen LogP contribution in [0.25, 0.3) is 0 Å². The van der Waals surface area contributed by atoms with E-state index in [9.17, 15) is 26.4 Å². The van der Waals surface area contributed by atoms with E-state index in [0.29, 0.717) is 0 Å². The van der Waals surface area contributed by atoms with Gasteiger partial charge in [0, 0.05) is 11.6 Å². The van der Waals surface area contributed by atoms with Gasteiger partial charge >= 0.3 is 0 Å². The lowest BCUT2D eigenvalue weighted by atomic mass is 10.1. The number of rotatable bonds is 5. The number of sulfonamides is 1. The van der Waals surface area contributed by atoms with E-state index in [-0.39, 0.29) is 5.56 Å². The van der Waals surface area contributed by atoms with Gasteiger partial charge in [0.1, 0.15) is 34.0 Å². The van der Waals surface area contributed by atoms with E-state index >= 15 is 0 Å². The van der Waals surface area contributed by atoms with E-state index in [2.05, 4.69) is 0 Å². The zero-order valence-corrected chi connectivity index (χ0v) is 15.3. The molecule has 0 spiro atoms. The Balaban J connectivity index is 2.27. The van der Waals surface area contributed by atoms with Crippen LogP contribution in [0.2, 0.25) is 10.0 Å². The number of carbonyl (C=O) groups excluding carboxylic acids is 1. The third-order valence-corrected chi connectivity index (χ3v) is 4.31. The maximum Gasteiger partial charge on any atom is 0.267 e. The van der Waals surface area contributed by atoms with Gasteiger partial charge < -0.3 is 4.74 Å². The van der Waals surface area contributed by atoms with Gasteiger partial charge in [-0.1, -0.05) is 35.3 Å². The lowest BCUT2D eigenvalue weighted by molar-refractivity contribution is 0.0977. The molecule has 0 saturated heterocycles. The minimum absolute atomic E-state index is 0.169. The topological polar surface area (TPSA) is 72.5 Å². The van der Waals surface area contributed by atoms with Crippen molar-refractivity contribution >= 4 is 39.1 Å². The molecule has 0 bridgehead atoms. The van der Waals surface area contributed by atoms with Crippen molar-refractivity contribution in [2.45, 2.75) is 6.61 Å². The van der Waals surface area contributed by atoms with Crippen LogP contribution in [0.1, 0.15) is 15.9 Å². The second-order valence-corrected chi connectivity index (χ2v) is 7.57. The van der Waals surface area contributed by atoms with Crippen LogP contribution >= 0.6 is 23.2 Å². The van der Waals surface area contributed by atoms with E-state index in [1.165, 1.54) is 12.1 Å². The van der Waals surface area contributed by atoms with Crippen LogP contribution in [-0.4, -0.2) is 20.6 Å². The Hall–Kier alpha value is -1.97. The molecule has 0 aromatic heterocycles. The van der Waals surface area contributed by atoms with Gasteiger partial charge in [0.2, 0.25) is 10.0 Å². The van der Waals surface area contributed by atoms with Crippen LogP contribution in [0.3, 0.4) is 0 Å². The molecule has 0 unspecified atom stereocenters. The van der Waals surface area contributed by atoms with Crippen LogP contribution < -0.4 is 9.46 Å². The van der Waals surface area contributed by atoms with Crippen LogP contribution in [0.5, 0.6) is 5.75 Å². The van der Waals surface area contributed by atoms with Crippen LogP contribution in [-0.2, 0) is 16.6 Å². The zero-order valence-electron chi connectivity index (χ0n) is 12.9. The lowest BCUT2D eigenvalue weighted by Crippen LogP contribution is -2.30. The Labute approximate surface area is 156 Å². The van der Waals surface area contributed by atoms with E-state index < -0.39 is 61.3 Å². The smallest absolute Gasteiger partial charge is 0.267 e. The Morgan fingerprint density at radius 3 is 2.42 bits per heavy atom. The summed E-state index contributed by atoms with van der Waals surface area (Å²) in [5.74, 6) is -5.00. The normalized spacial score (nSPS) is 11.3. The lowest BCUT2D eigenvalue weighted by Gasteiger charge is -2.12. The second kappa shape index (κ2) is 7.73. The standard InChI is InChI=1S/C15H10Cl2F3NO4S/c1-26(23,24)21-15(22)8-4-2-3-7(13(8)19)6-25-10-5-9(18)11(16)14(20)12(10)17/h2-5H,6H2,1H3,(H,21,22). The van der Waals surface area contributed by atoms with E-state index in [1.54, 1.807) is 4.72 Å². The highest BCUT2D eigenvalue weighted by atomic mass is 35.5. The molecule has 0 aliphatic carbocycles. The average Bonchev–Trinajstić information content (AvgIpc) is 2.54. The largest absolute Gasteiger partial charge is 0.487 e. The summed E-state index contributed by atoms with van der Waals surface area (Å²) in [4.78, 5) is 11.8. The number of amides is 1. The molecule has 2 rings (SSSR count). The molecular formula is C15H10Cl2F3NO4S. The predicted octanol–water partition coefficient (Wildman–Crippen LogP) is 3.68. The highest BCUT2D eigenvalue weighted by molar-refractivity contribution is 7.89. The molecule has 0 fully saturated rings. The number of ether oxygens (including phenoxy) is 1. The number of benzene rings is 2. The molecule has 5 nitrogen and oxygen atoms in total. The Morgan fingerprint density at radius 2 is 1.81 bits per heavy atom. The number of nitrogens with one attached hydrogen (secondary N) is 1. The first kappa shape index (κ1) is 20.3. The first-order valence-electron chi connectivity index (χ1n) is 6.76. The van der Waals surface area contributed by atoms with Crippen molar-refractivity contribution < 1.29 is 31.1 Å². The third-order valence-electron chi connectivity index (χ3n) is 3.05. The fourth-order valence-corrected chi connectivity index (χ4v) is 2.75. The van der Waals surface area contributed by atoms with Crippen molar-refractivity contribution in [3.63, 3.8) is 0 Å². The quantitative estimate of drug-likeness (QED) is 0.583. The van der Waals surface area contributed by atoms with E-state index in [1.807, 2.05) is 0 Å². The molecule has 2 aromatic rings. The summed E-state index contributed by atoms with van der Waals surface area (Å²) in [7, 11) is -3.89. The molecule has 0 heterocycles. The fraction of sp³-hybridized carbons (Fsp3) is 0.133. The van der Waals surface area contributed by atoms with Gasteiger partial charge in [-0.15, -0.1) is 0 Å². The monoisotopic (exact) mass is 427 g/mol. The Bertz CT molecular complexity index is 983. The van der Waals surface area contributed by atoms with Crippen molar-refractivity contribution in [1.29, 1.82) is 0 Å². The van der Waals surface area contributed by atoms with Gasteiger partial charge in [0.15, 0.2) is 5.82 Å². The van der Waals surface area contributed by atoms with Crippen molar-refractivity contribution in [3.8, 4) is 5.75 Å². The van der Waals surface area contributed by atoms with Crippen molar-refractivity contribution in [3.05, 3.63) is 62.9 Å². The molecule has 140 valence electrons. The Kier molecular flexibility index (Phi) is 6.05. The molecule has 26 heavy (non-hydrogen) atoms. The van der Waals surface area contributed by atoms with Crippen molar-refractivity contribution in [2.75, 3.05) is 6.26 Å². The number of hydrogen-bond acceptors (Lipinski definition) is 4. The van der Waals surface area contributed by atoms with Gasteiger partial charge in [-0.2, -0.15) is 0 Å². The molecule has 0 saturated carbocycles. The number of hydrogen-bond donors (Lipinski definition) is 1. The molecule has 1 amide bonds. The number of carbonyl (C=O) groups is 1. The van der Waals surface area contributed by atoms with Gasteiger partial charge in [-0.3, -0.25) is 4.79 Å². The van der Waals surface area contributed by atoms with Crippen LogP contribution in [0, 0.1) is 17.5 Å². The second-order valence-electron chi connectivity index (χ2n) is 5.07. The van der Waals surface area contributed by atoms with Crippen LogP contribution in [0.4, 0.5) is 13.2 Å². The molecule has 1 N–H and O–H groups in total. The van der Waals surface area contributed by atoms with Gasteiger partial charge in [-0.25, -0.2) is 26.3 Å². The molecule has 11 heteroatoms. The summed E-state index contributed by atoms with van der Waals surface area (Å²) in [6.07, 6.45) is 0.737. The molecule has 0 atom stereocenters. The minimum Gasteiger partial charge on any atom is -0.487 e. The van der Waals surface area contributed by atoms with Crippen LogP contribution in [0.15, 0.2) is 24.3 Å². The maximum absolute atomic E-state index is 14.4. The van der Waals surface area contributed by atoms with Gasteiger partial charge in [0.25, 0.3) is 5.91 Å². The summed E-state index contributed by atoms with van der Waals surface area (Å²) in [5, 5.41) is -1.41. The SMILES string of the molecule is CS(=O)(=O)NC(=O)c1cccc(COc2cc(F)c(Cl)c(F)c2Cl)c1F. The van der Waals surface area contributed by atoms with E-state index in [4.69, 9.17) is 27.9 Å². The van der Waals surface area contributed by atoms with E-state index in [0.717, 1.165) is 18.4 Å². The fourth-order valence-electron chi connectivity index (χ4n) is 1.90. The molecular weight excluding hydrogens is 418 g/mol. The molecule has 0 aliphatic heterocycles. The van der Waals surface area contributed by atoms with Gasteiger partial charge in [0.05, 0.1) is 11.8 Å². The summed E-state index contributed by atoms with van der Waals surface area (Å²) in [6.45, 7) is -0.536. The zero-order chi connectivity index (χ0) is 19.6. The Morgan fingerprint density at radius 1 is 1.15 bits per heavy atom.